The van der Waals surface area contributed by atoms with E-state index in [0.29, 0.717) is 10.4 Å². The lowest BCUT2D eigenvalue weighted by molar-refractivity contribution is 0.0934. The second-order valence-electron chi connectivity index (χ2n) is 4.27. The van der Waals surface area contributed by atoms with Crippen LogP contribution in [0.2, 0.25) is 0 Å². The smallest absolute Gasteiger partial charge is 0.261 e. The third kappa shape index (κ3) is 3.80. The van der Waals surface area contributed by atoms with E-state index in [9.17, 15) is 9.59 Å². The van der Waals surface area contributed by atoms with Crippen molar-refractivity contribution in [2.45, 2.75) is 25.8 Å². The van der Waals surface area contributed by atoms with Gasteiger partial charge in [-0.05, 0) is 32.4 Å². The summed E-state index contributed by atoms with van der Waals surface area (Å²) in [7, 11) is 0. The van der Waals surface area contributed by atoms with Gasteiger partial charge in [0.05, 0.1) is 4.88 Å². The first-order chi connectivity index (χ1) is 8.16. The van der Waals surface area contributed by atoms with E-state index in [2.05, 4.69) is 10.6 Å². The quantitative estimate of drug-likeness (QED) is 0.835. The highest BCUT2D eigenvalue weighted by Crippen LogP contribution is 2.15. The van der Waals surface area contributed by atoms with Crippen LogP contribution in [-0.4, -0.2) is 30.8 Å². The van der Waals surface area contributed by atoms with Crippen molar-refractivity contribution in [3.8, 4) is 0 Å². The van der Waals surface area contributed by atoms with Crippen LogP contribution in [0.1, 0.15) is 39.8 Å². The van der Waals surface area contributed by atoms with Gasteiger partial charge in [-0.25, -0.2) is 0 Å². The van der Waals surface area contributed by atoms with Crippen molar-refractivity contribution in [1.29, 1.82) is 0 Å². The van der Waals surface area contributed by atoms with Gasteiger partial charge in [-0.2, -0.15) is 0 Å². The zero-order valence-electron chi connectivity index (χ0n) is 10.2. The van der Waals surface area contributed by atoms with E-state index in [1.807, 2.05) is 0 Å². The molecular formula is C12H17ClN2O2S. The molecule has 1 aromatic heterocycles. The number of ketones is 1. The Morgan fingerprint density at radius 1 is 1.50 bits per heavy atom. The van der Waals surface area contributed by atoms with Crippen molar-refractivity contribution in [3.63, 3.8) is 0 Å². The first-order valence-electron chi connectivity index (χ1n) is 5.78. The molecule has 1 aromatic rings. The first-order valence-corrected chi connectivity index (χ1v) is 6.66. The number of hydrogen-bond acceptors (Lipinski definition) is 4. The maximum atomic E-state index is 11.9. The Morgan fingerprint density at radius 3 is 2.83 bits per heavy atom. The van der Waals surface area contributed by atoms with Crippen LogP contribution in [0.25, 0.3) is 0 Å². The number of rotatable bonds is 3. The molecule has 100 valence electrons. The summed E-state index contributed by atoms with van der Waals surface area (Å²) in [6.07, 6.45) is 2.11. The number of halogens is 1. The highest BCUT2D eigenvalue weighted by atomic mass is 35.5. The zero-order valence-corrected chi connectivity index (χ0v) is 11.8. The van der Waals surface area contributed by atoms with Crippen LogP contribution in [0.3, 0.4) is 0 Å². The van der Waals surface area contributed by atoms with Crippen molar-refractivity contribution < 1.29 is 9.59 Å². The van der Waals surface area contributed by atoms with Gasteiger partial charge in [-0.3, -0.25) is 9.59 Å². The Hall–Kier alpha value is -0.910. The van der Waals surface area contributed by atoms with E-state index >= 15 is 0 Å². The topological polar surface area (TPSA) is 58.2 Å². The number of amides is 1. The molecule has 0 bridgehead atoms. The third-order valence-corrected chi connectivity index (χ3v) is 3.79. The molecule has 1 unspecified atom stereocenters. The summed E-state index contributed by atoms with van der Waals surface area (Å²) in [5.74, 6) is -0.0733. The molecule has 6 heteroatoms. The molecule has 1 fully saturated rings. The summed E-state index contributed by atoms with van der Waals surface area (Å²) in [4.78, 5) is 23.7. The molecule has 0 aromatic carbocycles. The van der Waals surface area contributed by atoms with E-state index in [1.54, 1.807) is 11.4 Å². The molecule has 18 heavy (non-hydrogen) atoms. The molecular weight excluding hydrogens is 272 g/mol. The summed E-state index contributed by atoms with van der Waals surface area (Å²) in [5.41, 5.74) is 0.613. The number of piperidine rings is 1. The van der Waals surface area contributed by atoms with Gasteiger partial charge in [0.2, 0.25) is 0 Å². The SMILES string of the molecule is CC(=O)c1csc(C(=O)NC2CCCNC2)c1.Cl. The Labute approximate surface area is 117 Å². The summed E-state index contributed by atoms with van der Waals surface area (Å²) < 4.78 is 0. The summed E-state index contributed by atoms with van der Waals surface area (Å²) in [6, 6.07) is 1.87. The van der Waals surface area contributed by atoms with Gasteiger partial charge < -0.3 is 10.6 Å². The van der Waals surface area contributed by atoms with Gasteiger partial charge in [0.25, 0.3) is 5.91 Å². The minimum Gasteiger partial charge on any atom is -0.347 e. The van der Waals surface area contributed by atoms with Gasteiger partial charge in [-0.1, -0.05) is 0 Å². The lowest BCUT2D eigenvalue weighted by Gasteiger charge is -2.23. The Kier molecular flexibility index (Phi) is 5.78. The molecule has 1 amide bonds. The third-order valence-electron chi connectivity index (χ3n) is 2.86. The Balaban J connectivity index is 0.00000162. The molecule has 2 rings (SSSR count). The van der Waals surface area contributed by atoms with Gasteiger partial charge in [0.1, 0.15) is 0 Å². The number of carbonyl (C=O) groups is 2. The standard InChI is InChI=1S/C12H16N2O2S.ClH/c1-8(15)9-5-11(17-7-9)12(16)14-10-3-2-4-13-6-10;/h5,7,10,13H,2-4,6H2,1H3,(H,14,16);1H. The summed E-state index contributed by atoms with van der Waals surface area (Å²) >= 11 is 1.32. The molecule has 2 heterocycles. The van der Waals surface area contributed by atoms with Crippen molar-refractivity contribution >= 4 is 35.4 Å². The second-order valence-corrected chi connectivity index (χ2v) is 5.18. The highest BCUT2D eigenvalue weighted by molar-refractivity contribution is 7.12. The maximum absolute atomic E-state index is 11.9. The van der Waals surface area contributed by atoms with Crippen molar-refractivity contribution in [1.82, 2.24) is 10.6 Å². The van der Waals surface area contributed by atoms with Gasteiger partial charge in [0, 0.05) is 23.5 Å². The number of hydrogen-bond donors (Lipinski definition) is 2. The second kappa shape index (κ2) is 6.87. The van der Waals surface area contributed by atoms with Crippen LogP contribution >= 0.6 is 23.7 Å². The molecule has 1 aliphatic rings. The zero-order chi connectivity index (χ0) is 12.3. The van der Waals surface area contributed by atoms with Crippen LogP contribution < -0.4 is 10.6 Å². The first kappa shape index (κ1) is 15.1. The fourth-order valence-electron chi connectivity index (χ4n) is 1.87. The average Bonchev–Trinajstić information content (AvgIpc) is 2.79. The Bertz CT molecular complexity index is 427. The molecule has 1 aliphatic heterocycles. The highest BCUT2D eigenvalue weighted by Gasteiger charge is 2.17. The molecule has 0 spiro atoms. The van der Waals surface area contributed by atoms with Crippen LogP contribution in [0.4, 0.5) is 0 Å². The Morgan fingerprint density at radius 2 is 2.28 bits per heavy atom. The summed E-state index contributed by atoms with van der Waals surface area (Å²) in [5, 5.41) is 7.97. The fourth-order valence-corrected chi connectivity index (χ4v) is 2.72. The summed E-state index contributed by atoms with van der Waals surface area (Å²) in [6.45, 7) is 3.37. The van der Waals surface area contributed by atoms with E-state index in [1.165, 1.54) is 18.3 Å². The van der Waals surface area contributed by atoms with Gasteiger partial charge in [0.15, 0.2) is 5.78 Å². The number of carbonyl (C=O) groups excluding carboxylic acids is 2. The van der Waals surface area contributed by atoms with Crippen molar-refractivity contribution in [2.24, 2.45) is 0 Å². The molecule has 0 aliphatic carbocycles. The number of thiophene rings is 1. The van der Waals surface area contributed by atoms with E-state index in [-0.39, 0.29) is 30.1 Å². The largest absolute Gasteiger partial charge is 0.347 e. The molecule has 0 radical (unpaired) electrons. The monoisotopic (exact) mass is 288 g/mol. The van der Waals surface area contributed by atoms with E-state index in [0.717, 1.165) is 25.9 Å². The normalized spacial score (nSPS) is 18.8. The lowest BCUT2D eigenvalue weighted by Crippen LogP contribution is -2.45. The minimum absolute atomic E-state index is 0. The number of Topliss-reactive ketones (excluding diaryl/α,β-unsaturated/α-hetero) is 1. The molecule has 0 saturated carbocycles. The number of nitrogens with one attached hydrogen (secondary N) is 2. The average molecular weight is 289 g/mol. The molecule has 2 N–H and O–H groups in total. The minimum atomic E-state index is -0.0730. The van der Waals surface area contributed by atoms with Crippen molar-refractivity contribution in [2.75, 3.05) is 13.1 Å². The van der Waals surface area contributed by atoms with Gasteiger partial charge >= 0.3 is 0 Å². The lowest BCUT2D eigenvalue weighted by atomic mass is 10.1. The van der Waals surface area contributed by atoms with Crippen LogP contribution in [0.5, 0.6) is 0 Å². The van der Waals surface area contributed by atoms with E-state index < -0.39 is 0 Å². The van der Waals surface area contributed by atoms with Gasteiger partial charge in [-0.15, -0.1) is 23.7 Å². The van der Waals surface area contributed by atoms with Crippen molar-refractivity contribution in [3.05, 3.63) is 21.9 Å². The van der Waals surface area contributed by atoms with Crippen LogP contribution in [0.15, 0.2) is 11.4 Å². The fraction of sp³-hybridized carbons (Fsp3) is 0.500. The predicted molar refractivity (Wildman–Crippen MR) is 74.9 cm³/mol. The van der Waals surface area contributed by atoms with E-state index in [4.69, 9.17) is 0 Å². The molecule has 4 nitrogen and oxygen atoms in total. The molecule has 1 saturated heterocycles. The molecule has 1 atom stereocenters. The van der Waals surface area contributed by atoms with Crippen LogP contribution in [0, 0.1) is 0 Å². The van der Waals surface area contributed by atoms with Crippen LogP contribution in [-0.2, 0) is 0 Å². The maximum Gasteiger partial charge on any atom is 0.261 e. The predicted octanol–water partition coefficient (Wildman–Crippen LogP) is 1.85.